The monoisotopic (exact) mass is 402 g/mol. The second-order valence-electron chi connectivity index (χ2n) is 6.41. The molecule has 1 N–H and O–H groups in total. The number of hydrogen-bond donors (Lipinski definition) is 1. The number of carbonyl (C=O) groups excluding carboxylic acids is 1. The lowest BCUT2D eigenvalue weighted by molar-refractivity contribution is 0.0343. The van der Waals surface area contributed by atoms with Crippen molar-refractivity contribution in [1.82, 2.24) is 5.32 Å². The summed E-state index contributed by atoms with van der Waals surface area (Å²) in [5, 5.41) is 3.10. The van der Waals surface area contributed by atoms with Crippen LogP contribution in [0.5, 0.6) is 11.5 Å². The molecule has 1 saturated heterocycles. The van der Waals surface area contributed by atoms with Crippen molar-refractivity contribution < 1.29 is 14.3 Å². The highest BCUT2D eigenvalue weighted by atomic mass is 79.9. The van der Waals surface area contributed by atoms with Gasteiger partial charge in [0.1, 0.15) is 0 Å². The number of amides is 2. The number of para-hydroxylation sites is 1. The number of nitrogens with one attached hydrogen (secondary N) is 1. The van der Waals surface area contributed by atoms with E-state index in [4.69, 9.17) is 9.47 Å². The van der Waals surface area contributed by atoms with Crippen molar-refractivity contribution in [2.24, 2.45) is 0 Å². The zero-order valence-corrected chi connectivity index (χ0v) is 15.7. The van der Waals surface area contributed by atoms with Gasteiger partial charge in [-0.05, 0) is 38.1 Å². The molecule has 0 unspecified atom stereocenters. The molecule has 5 nitrogen and oxygen atoms in total. The molecule has 0 saturated carbocycles. The van der Waals surface area contributed by atoms with E-state index in [2.05, 4.69) is 21.2 Å². The fourth-order valence-corrected chi connectivity index (χ4v) is 4.02. The topological polar surface area (TPSA) is 50.8 Å². The number of nitrogens with zero attached hydrogens (tertiary/aromatic N) is 1. The molecule has 2 amide bonds. The fourth-order valence-electron chi connectivity index (χ4n) is 3.64. The van der Waals surface area contributed by atoms with Gasteiger partial charge >= 0.3 is 6.03 Å². The van der Waals surface area contributed by atoms with Crippen LogP contribution in [0.25, 0.3) is 0 Å². The predicted octanol–water partition coefficient (Wildman–Crippen LogP) is 4.62. The van der Waals surface area contributed by atoms with Gasteiger partial charge in [0, 0.05) is 16.5 Å². The van der Waals surface area contributed by atoms with E-state index in [9.17, 15) is 4.79 Å². The van der Waals surface area contributed by atoms with Gasteiger partial charge in [-0.2, -0.15) is 0 Å². The number of urea groups is 1. The summed E-state index contributed by atoms with van der Waals surface area (Å²) in [4.78, 5) is 14.5. The first-order chi connectivity index (χ1) is 12.0. The van der Waals surface area contributed by atoms with E-state index >= 15 is 0 Å². The van der Waals surface area contributed by atoms with Crippen LogP contribution in [0.1, 0.15) is 31.9 Å². The molecule has 2 atom stereocenters. The second kappa shape index (κ2) is 5.95. The van der Waals surface area contributed by atoms with E-state index < -0.39 is 5.72 Å². The SMILES string of the molecule is CCOc1cccc2c1O[C@@]1(C)C[C@H]2NC(=O)N1c1cccc(Br)c1. The summed E-state index contributed by atoms with van der Waals surface area (Å²) in [6.45, 7) is 4.45. The number of ether oxygens (including phenoxy) is 2. The van der Waals surface area contributed by atoms with Crippen molar-refractivity contribution in [3.05, 3.63) is 52.5 Å². The number of halogens is 1. The zero-order chi connectivity index (χ0) is 17.6. The quantitative estimate of drug-likeness (QED) is 0.814. The standard InChI is InChI=1S/C19H19BrN2O3/c1-3-24-16-9-5-8-14-15-11-19(2,25-17(14)16)22(18(23)21-15)13-7-4-6-12(20)10-13/h4-10,15H,3,11H2,1-2H3,(H,21,23)/t15-,19+/m1/s1. The van der Waals surface area contributed by atoms with Gasteiger partial charge in [-0.1, -0.05) is 34.1 Å². The van der Waals surface area contributed by atoms with Gasteiger partial charge in [0.25, 0.3) is 0 Å². The first-order valence-corrected chi connectivity index (χ1v) is 9.12. The predicted molar refractivity (Wildman–Crippen MR) is 99.2 cm³/mol. The zero-order valence-electron chi connectivity index (χ0n) is 14.1. The van der Waals surface area contributed by atoms with Crippen molar-refractivity contribution in [3.63, 3.8) is 0 Å². The molecule has 2 aromatic rings. The fraction of sp³-hybridized carbons (Fsp3) is 0.316. The molecule has 4 rings (SSSR count). The maximum absolute atomic E-state index is 12.8. The van der Waals surface area contributed by atoms with Gasteiger partial charge in [-0.3, -0.25) is 4.90 Å². The molecule has 6 heteroatoms. The Morgan fingerprint density at radius 2 is 2.16 bits per heavy atom. The van der Waals surface area contributed by atoms with Gasteiger partial charge in [0.2, 0.25) is 0 Å². The van der Waals surface area contributed by atoms with Gasteiger partial charge < -0.3 is 14.8 Å². The minimum absolute atomic E-state index is 0.0925. The average molecular weight is 403 g/mol. The van der Waals surface area contributed by atoms with E-state index in [-0.39, 0.29) is 12.1 Å². The summed E-state index contributed by atoms with van der Waals surface area (Å²) in [6.07, 6.45) is 0.661. The summed E-state index contributed by atoms with van der Waals surface area (Å²) < 4.78 is 13.0. The Bertz CT molecular complexity index is 841. The summed E-state index contributed by atoms with van der Waals surface area (Å²) in [6, 6.07) is 13.2. The highest BCUT2D eigenvalue weighted by molar-refractivity contribution is 9.10. The largest absolute Gasteiger partial charge is 0.490 e. The molecule has 2 aromatic carbocycles. The summed E-state index contributed by atoms with van der Waals surface area (Å²) in [7, 11) is 0. The van der Waals surface area contributed by atoms with E-state index in [0.29, 0.717) is 24.5 Å². The average Bonchev–Trinajstić information content (AvgIpc) is 2.55. The molecule has 2 aliphatic rings. The molecule has 2 bridgehead atoms. The summed E-state index contributed by atoms with van der Waals surface area (Å²) in [5.41, 5.74) is 0.962. The van der Waals surface area contributed by atoms with Crippen molar-refractivity contribution in [2.75, 3.05) is 11.5 Å². The number of rotatable bonds is 3. The molecule has 2 heterocycles. The molecular formula is C19H19BrN2O3. The summed E-state index contributed by atoms with van der Waals surface area (Å²) >= 11 is 3.47. The molecule has 25 heavy (non-hydrogen) atoms. The maximum Gasteiger partial charge on any atom is 0.325 e. The van der Waals surface area contributed by atoms with Crippen LogP contribution in [-0.2, 0) is 0 Å². The third-order valence-electron chi connectivity index (χ3n) is 4.63. The summed E-state index contributed by atoms with van der Waals surface area (Å²) in [5.74, 6) is 1.42. The van der Waals surface area contributed by atoms with Crippen LogP contribution >= 0.6 is 15.9 Å². The van der Waals surface area contributed by atoms with E-state index in [1.165, 1.54) is 0 Å². The van der Waals surface area contributed by atoms with Crippen molar-refractivity contribution in [3.8, 4) is 11.5 Å². The molecule has 0 radical (unpaired) electrons. The van der Waals surface area contributed by atoms with Crippen LogP contribution in [0.3, 0.4) is 0 Å². The Morgan fingerprint density at radius 1 is 1.36 bits per heavy atom. The molecule has 0 spiro atoms. The Kier molecular flexibility index (Phi) is 3.87. The highest BCUT2D eigenvalue weighted by Gasteiger charge is 2.50. The van der Waals surface area contributed by atoms with Crippen molar-refractivity contribution >= 4 is 27.6 Å². The molecule has 2 aliphatic heterocycles. The van der Waals surface area contributed by atoms with Crippen molar-refractivity contribution in [1.29, 1.82) is 0 Å². The van der Waals surface area contributed by atoms with E-state index in [1.807, 2.05) is 56.3 Å². The van der Waals surface area contributed by atoms with Crippen molar-refractivity contribution in [2.45, 2.75) is 32.0 Å². The Balaban J connectivity index is 1.81. The van der Waals surface area contributed by atoms with Crippen LogP contribution in [0, 0.1) is 0 Å². The molecule has 0 aliphatic carbocycles. The molecule has 0 aromatic heterocycles. The van der Waals surface area contributed by atoms with Crippen LogP contribution in [0.4, 0.5) is 10.5 Å². The third kappa shape index (κ3) is 2.65. The lowest BCUT2D eigenvalue weighted by Gasteiger charge is -2.50. The van der Waals surface area contributed by atoms with Crippen LogP contribution < -0.4 is 19.7 Å². The first-order valence-electron chi connectivity index (χ1n) is 8.33. The Labute approximate surface area is 155 Å². The smallest absolute Gasteiger partial charge is 0.325 e. The third-order valence-corrected chi connectivity index (χ3v) is 5.12. The first kappa shape index (κ1) is 16.3. The minimum atomic E-state index is -0.784. The number of hydrogen-bond acceptors (Lipinski definition) is 3. The maximum atomic E-state index is 12.8. The van der Waals surface area contributed by atoms with E-state index in [0.717, 1.165) is 15.7 Å². The van der Waals surface area contributed by atoms with Crippen LogP contribution in [-0.4, -0.2) is 18.4 Å². The second-order valence-corrected chi connectivity index (χ2v) is 7.32. The molecule has 130 valence electrons. The lowest BCUT2D eigenvalue weighted by Crippen LogP contribution is -2.65. The highest BCUT2D eigenvalue weighted by Crippen LogP contribution is 2.49. The Morgan fingerprint density at radius 3 is 2.92 bits per heavy atom. The van der Waals surface area contributed by atoms with Gasteiger partial charge in [-0.15, -0.1) is 0 Å². The normalized spacial score (nSPS) is 24.2. The van der Waals surface area contributed by atoms with Crippen LogP contribution in [0.15, 0.2) is 46.9 Å². The number of fused-ring (bicyclic) bond motifs is 4. The van der Waals surface area contributed by atoms with Gasteiger partial charge in [0.15, 0.2) is 17.2 Å². The number of anilines is 1. The number of benzene rings is 2. The van der Waals surface area contributed by atoms with E-state index in [1.54, 1.807) is 4.90 Å². The lowest BCUT2D eigenvalue weighted by atomic mass is 9.90. The molecule has 1 fully saturated rings. The minimum Gasteiger partial charge on any atom is -0.490 e. The molecular weight excluding hydrogens is 384 g/mol. The van der Waals surface area contributed by atoms with Gasteiger partial charge in [0.05, 0.1) is 18.3 Å². The number of carbonyl (C=O) groups is 1. The van der Waals surface area contributed by atoms with Gasteiger partial charge in [-0.25, -0.2) is 4.79 Å². The Hall–Kier alpha value is -2.21. The van der Waals surface area contributed by atoms with Crippen LogP contribution in [0.2, 0.25) is 0 Å².